The highest BCUT2D eigenvalue weighted by Crippen LogP contribution is 2.37. The molecule has 0 saturated carbocycles. The number of rotatable bonds is 5. The molecule has 0 radical (unpaired) electrons. The number of unbranched alkanes of at least 4 members (excludes halogenated alkanes) is 3. The minimum atomic E-state index is 0.251. The molecule has 0 aromatic carbocycles. The van der Waals surface area contributed by atoms with Crippen LogP contribution >= 0.6 is 0 Å². The van der Waals surface area contributed by atoms with Crippen molar-refractivity contribution in [2.75, 3.05) is 6.54 Å². The largest absolute Gasteiger partial charge is 0.309 e. The summed E-state index contributed by atoms with van der Waals surface area (Å²) in [7, 11) is 0. The van der Waals surface area contributed by atoms with Gasteiger partial charge < -0.3 is 4.90 Å². The van der Waals surface area contributed by atoms with Crippen LogP contribution in [-0.4, -0.2) is 17.4 Å². The van der Waals surface area contributed by atoms with Crippen molar-refractivity contribution in [1.29, 1.82) is 0 Å². The molecule has 2 heteroatoms. The van der Waals surface area contributed by atoms with Crippen LogP contribution < -0.4 is 0 Å². The van der Waals surface area contributed by atoms with E-state index in [-0.39, 0.29) is 5.91 Å². The molecule has 0 unspecified atom stereocenters. The van der Waals surface area contributed by atoms with Gasteiger partial charge in [0.15, 0.2) is 0 Å². The molecule has 2 nitrogen and oxygen atoms in total. The number of carbonyl (C=O) groups excluding carboxylic acids is 1. The van der Waals surface area contributed by atoms with E-state index in [1.165, 1.54) is 37.7 Å². The molecule has 2 aliphatic rings. The van der Waals surface area contributed by atoms with Gasteiger partial charge in [0.25, 0.3) is 5.91 Å². The van der Waals surface area contributed by atoms with Crippen LogP contribution in [0.1, 0.15) is 58.3 Å². The van der Waals surface area contributed by atoms with Gasteiger partial charge in [0, 0.05) is 17.8 Å². The van der Waals surface area contributed by atoms with Crippen molar-refractivity contribution < 1.29 is 4.79 Å². The van der Waals surface area contributed by atoms with Crippen LogP contribution in [0.4, 0.5) is 0 Å². The molecule has 0 aromatic rings. The molecule has 1 amide bonds. The Hall–Kier alpha value is -1.05. The van der Waals surface area contributed by atoms with Gasteiger partial charge >= 0.3 is 0 Å². The first kappa shape index (κ1) is 12.4. The fourth-order valence-corrected chi connectivity index (χ4v) is 2.84. The van der Waals surface area contributed by atoms with Gasteiger partial charge in [0.2, 0.25) is 0 Å². The van der Waals surface area contributed by atoms with E-state index in [0.717, 1.165) is 37.1 Å². The van der Waals surface area contributed by atoms with Crippen LogP contribution in [0.3, 0.4) is 0 Å². The van der Waals surface area contributed by atoms with Crippen LogP contribution in [0.5, 0.6) is 0 Å². The van der Waals surface area contributed by atoms with Crippen molar-refractivity contribution in [3.63, 3.8) is 0 Å². The van der Waals surface area contributed by atoms with Crippen LogP contribution in [0.2, 0.25) is 0 Å². The van der Waals surface area contributed by atoms with E-state index in [0.29, 0.717) is 0 Å². The zero-order chi connectivity index (χ0) is 12.3. The molecule has 0 spiro atoms. The molecule has 1 aliphatic heterocycles. The first-order chi connectivity index (χ1) is 8.25. The van der Waals surface area contributed by atoms with Crippen LogP contribution in [0.25, 0.3) is 0 Å². The second-order valence-electron chi connectivity index (χ2n) is 5.13. The molecule has 94 valence electrons. The SMILES string of the molecule is C=C1C2=C(CCCC2)C(=O)N1CCCCCC. The molecule has 0 fully saturated rings. The third-order valence-electron chi connectivity index (χ3n) is 3.88. The first-order valence-electron chi connectivity index (χ1n) is 6.99. The van der Waals surface area contributed by atoms with E-state index in [4.69, 9.17) is 0 Å². The van der Waals surface area contributed by atoms with Crippen molar-refractivity contribution in [2.45, 2.75) is 58.3 Å². The zero-order valence-corrected chi connectivity index (χ0v) is 10.9. The fraction of sp³-hybridized carbons (Fsp3) is 0.667. The molecule has 1 heterocycles. The van der Waals surface area contributed by atoms with Gasteiger partial charge in [0.1, 0.15) is 0 Å². The normalized spacial score (nSPS) is 20.2. The maximum atomic E-state index is 12.2. The Kier molecular flexibility index (Phi) is 4.03. The Bertz CT molecular complexity index is 326. The van der Waals surface area contributed by atoms with E-state index < -0.39 is 0 Å². The molecule has 0 saturated heterocycles. The van der Waals surface area contributed by atoms with Crippen LogP contribution in [0, 0.1) is 0 Å². The number of hydrogen-bond acceptors (Lipinski definition) is 1. The molecular weight excluding hydrogens is 210 g/mol. The summed E-state index contributed by atoms with van der Waals surface area (Å²) in [6.07, 6.45) is 9.25. The lowest BCUT2D eigenvalue weighted by Gasteiger charge is -2.18. The van der Waals surface area contributed by atoms with Crippen molar-refractivity contribution in [1.82, 2.24) is 4.90 Å². The average Bonchev–Trinajstić information content (AvgIpc) is 2.60. The lowest BCUT2D eigenvalue weighted by atomic mass is 9.93. The summed E-state index contributed by atoms with van der Waals surface area (Å²) in [4.78, 5) is 14.1. The highest BCUT2D eigenvalue weighted by atomic mass is 16.2. The van der Waals surface area contributed by atoms with Gasteiger partial charge in [-0.3, -0.25) is 4.79 Å². The molecule has 2 rings (SSSR count). The monoisotopic (exact) mass is 233 g/mol. The van der Waals surface area contributed by atoms with Gasteiger partial charge in [-0.2, -0.15) is 0 Å². The highest BCUT2D eigenvalue weighted by Gasteiger charge is 2.33. The highest BCUT2D eigenvalue weighted by molar-refractivity contribution is 6.00. The third kappa shape index (κ3) is 2.46. The Morgan fingerprint density at radius 3 is 2.47 bits per heavy atom. The quantitative estimate of drug-likeness (QED) is 0.661. The van der Waals surface area contributed by atoms with Gasteiger partial charge in [-0.25, -0.2) is 0 Å². The summed E-state index contributed by atoms with van der Waals surface area (Å²) < 4.78 is 0. The summed E-state index contributed by atoms with van der Waals surface area (Å²) in [5, 5.41) is 0. The molecule has 0 aromatic heterocycles. The average molecular weight is 233 g/mol. The van der Waals surface area contributed by atoms with E-state index in [2.05, 4.69) is 13.5 Å². The maximum absolute atomic E-state index is 12.2. The minimum absolute atomic E-state index is 0.251. The summed E-state index contributed by atoms with van der Waals surface area (Å²) >= 11 is 0. The molecule has 0 bridgehead atoms. The van der Waals surface area contributed by atoms with E-state index in [9.17, 15) is 4.79 Å². The van der Waals surface area contributed by atoms with Gasteiger partial charge in [-0.05, 0) is 37.7 Å². The zero-order valence-electron chi connectivity index (χ0n) is 10.9. The van der Waals surface area contributed by atoms with Crippen molar-refractivity contribution in [3.8, 4) is 0 Å². The summed E-state index contributed by atoms with van der Waals surface area (Å²) in [6, 6.07) is 0. The summed E-state index contributed by atoms with van der Waals surface area (Å²) in [5.41, 5.74) is 3.33. The molecule has 0 N–H and O–H groups in total. The lowest BCUT2D eigenvalue weighted by molar-refractivity contribution is -0.124. The van der Waals surface area contributed by atoms with Gasteiger partial charge in [-0.1, -0.05) is 32.8 Å². The van der Waals surface area contributed by atoms with Gasteiger partial charge in [0.05, 0.1) is 0 Å². The Morgan fingerprint density at radius 1 is 1.12 bits per heavy atom. The van der Waals surface area contributed by atoms with Crippen molar-refractivity contribution in [2.24, 2.45) is 0 Å². The Morgan fingerprint density at radius 2 is 1.82 bits per heavy atom. The maximum Gasteiger partial charge on any atom is 0.254 e. The van der Waals surface area contributed by atoms with Crippen molar-refractivity contribution >= 4 is 5.91 Å². The molecule has 0 atom stereocenters. The van der Waals surface area contributed by atoms with Crippen molar-refractivity contribution in [3.05, 3.63) is 23.4 Å². The molecule has 17 heavy (non-hydrogen) atoms. The predicted molar refractivity (Wildman–Crippen MR) is 70.5 cm³/mol. The molecular formula is C15H23NO. The Labute approximate surface area is 104 Å². The second-order valence-corrected chi connectivity index (χ2v) is 5.13. The van der Waals surface area contributed by atoms with E-state index in [1.54, 1.807) is 0 Å². The van der Waals surface area contributed by atoms with E-state index >= 15 is 0 Å². The van der Waals surface area contributed by atoms with Crippen LogP contribution in [0.15, 0.2) is 23.4 Å². The number of nitrogens with zero attached hydrogens (tertiary/aromatic N) is 1. The smallest absolute Gasteiger partial charge is 0.254 e. The fourth-order valence-electron chi connectivity index (χ4n) is 2.84. The number of amides is 1. The standard InChI is InChI=1S/C15H23NO/c1-3-4-5-8-11-16-12(2)13-9-6-7-10-14(13)15(16)17/h2-11H2,1H3. The number of allylic oxidation sites excluding steroid dienone is 1. The lowest BCUT2D eigenvalue weighted by Crippen LogP contribution is -2.26. The minimum Gasteiger partial charge on any atom is -0.309 e. The molecule has 1 aliphatic carbocycles. The van der Waals surface area contributed by atoms with E-state index in [1.807, 2.05) is 4.90 Å². The number of carbonyl (C=O) groups is 1. The third-order valence-corrected chi connectivity index (χ3v) is 3.88. The topological polar surface area (TPSA) is 20.3 Å². The van der Waals surface area contributed by atoms with Gasteiger partial charge in [-0.15, -0.1) is 0 Å². The number of hydrogen-bond donors (Lipinski definition) is 0. The first-order valence-corrected chi connectivity index (χ1v) is 6.99. The summed E-state index contributed by atoms with van der Waals surface area (Å²) in [5.74, 6) is 0.251. The van der Waals surface area contributed by atoms with Crippen LogP contribution in [-0.2, 0) is 4.79 Å². The Balaban J connectivity index is 1.93. The predicted octanol–water partition coefficient (Wildman–Crippen LogP) is 3.79. The summed E-state index contributed by atoms with van der Waals surface area (Å²) in [6.45, 7) is 7.19. The second kappa shape index (κ2) is 5.52.